The van der Waals surface area contributed by atoms with Crippen LogP contribution in [0.2, 0.25) is 0 Å². The molecule has 1 amide bonds. The molecule has 1 aliphatic carbocycles. The second-order valence-electron chi connectivity index (χ2n) is 7.02. The second-order valence-corrected chi connectivity index (χ2v) is 7.02. The molecule has 2 aliphatic rings. The number of benzene rings is 1. The molecule has 2 aromatic rings. The maximum absolute atomic E-state index is 12.0. The summed E-state index contributed by atoms with van der Waals surface area (Å²) in [6.07, 6.45) is 8.72. The summed E-state index contributed by atoms with van der Waals surface area (Å²) in [7, 11) is 0. The van der Waals surface area contributed by atoms with Gasteiger partial charge in [-0.1, -0.05) is 25.0 Å². The van der Waals surface area contributed by atoms with Gasteiger partial charge in [0, 0.05) is 30.2 Å². The van der Waals surface area contributed by atoms with E-state index >= 15 is 0 Å². The van der Waals surface area contributed by atoms with Gasteiger partial charge in [-0.3, -0.25) is 4.79 Å². The van der Waals surface area contributed by atoms with Crippen LogP contribution in [-0.4, -0.2) is 17.0 Å². The first-order valence-electron chi connectivity index (χ1n) is 8.59. The Morgan fingerprint density at radius 3 is 2.77 bits per heavy atom. The number of carbonyl (C=O) groups is 1. The van der Waals surface area contributed by atoms with E-state index in [-0.39, 0.29) is 11.8 Å². The summed E-state index contributed by atoms with van der Waals surface area (Å²) in [5.74, 6) is 1.05. The lowest BCUT2D eigenvalue weighted by molar-refractivity contribution is -0.120. The molecule has 0 bridgehead atoms. The fourth-order valence-corrected chi connectivity index (χ4v) is 4.24. The number of rotatable bonds is 3. The molecule has 22 heavy (non-hydrogen) atoms. The zero-order valence-corrected chi connectivity index (χ0v) is 13.3. The van der Waals surface area contributed by atoms with Crippen molar-refractivity contribution in [3.05, 3.63) is 35.5 Å². The second kappa shape index (κ2) is 5.45. The summed E-state index contributed by atoms with van der Waals surface area (Å²) >= 11 is 0. The van der Waals surface area contributed by atoms with Gasteiger partial charge in [-0.2, -0.15) is 0 Å². The summed E-state index contributed by atoms with van der Waals surface area (Å²) in [6.45, 7) is 4.13. The minimum Gasteiger partial charge on any atom is -0.356 e. The number of carbonyl (C=O) groups excluding carboxylic acids is 1. The summed E-state index contributed by atoms with van der Waals surface area (Å²) in [4.78, 5) is 12.0. The van der Waals surface area contributed by atoms with E-state index in [0.29, 0.717) is 0 Å². The molecule has 2 fully saturated rings. The van der Waals surface area contributed by atoms with Gasteiger partial charge in [0.05, 0.1) is 5.92 Å². The van der Waals surface area contributed by atoms with Crippen LogP contribution in [0.25, 0.3) is 10.9 Å². The van der Waals surface area contributed by atoms with E-state index in [1.807, 2.05) is 0 Å². The number of aryl methyl sites for hydroxylation is 1. The fraction of sp³-hybridized carbons (Fsp3) is 0.526. The van der Waals surface area contributed by atoms with Crippen LogP contribution in [0.5, 0.6) is 0 Å². The molecule has 1 saturated carbocycles. The van der Waals surface area contributed by atoms with Gasteiger partial charge in [-0.15, -0.1) is 0 Å². The molecule has 1 saturated heterocycles. The predicted octanol–water partition coefficient (Wildman–Crippen LogP) is 3.74. The van der Waals surface area contributed by atoms with E-state index in [9.17, 15) is 4.79 Å². The summed E-state index contributed by atoms with van der Waals surface area (Å²) in [6, 6.07) is 6.61. The highest BCUT2D eigenvalue weighted by Crippen LogP contribution is 2.32. The van der Waals surface area contributed by atoms with E-state index in [4.69, 9.17) is 0 Å². The number of nitrogens with zero attached hydrogens (tertiary/aromatic N) is 1. The van der Waals surface area contributed by atoms with Gasteiger partial charge in [-0.25, -0.2) is 0 Å². The molecule has 116 valence electrons. The van der Waals surface area contributed by atoms with Gasteiger partial charge in [0.15, 0.2) is 0 Å². The van der Waals surface area contributed by atoms with E-state index in [1.165, 1.54) is 47.7 Å². The molecule has 1 atom stereocenters. The van der Waals surface area contributed by atoms with Crippen molar-refractivity contribution >= 4 is 16.8 Å². The van der Waals surface area contributed by atoms with Crippen LogP contribution >= 0.6 is 0 Å². The Labute approximate surface area is 131 Å². The first-order chi connectivity index (χ1) is 10.7. The number of hydrogen-bond donors (Lipinski definition) is 1. The Morgan fingerprint density at radius 2 is 2.05 bits per heavy atom. The van der Waals surface area contributed by atoms with Crippen LogP contribution < -0.4 is 5.32 Å². The predicted molar refractivity (Wildman–Crippen MR) is 89.0 cm³/mol. The molecule has 4 rings (SSSR count). The highest BCUT2D eigenvalue weighted by atomic mass is 16.2. The smallest absolute Gasteiger partial charge is 0.227 e. The van der Waals surface area contributed by atoms with E-state index in [0.717, 1.165) is 25.4 Å². The Hall–Kier alpha value is -1.77. The third-order valence-electron chi connectivity index (χ3n) is 5.49. The molecule has 1 aromatic heterocycles. The lowest BCUT2D eigenvalue weighted by Crippen LogP contribution is -2.17. The van der Waals surface area contributed by atoms with Crippen LogP contribution in [0.15, 0.2) is 24.4 Å². The van der Waals surface area contributed by atoms with E-state index < -0.39 is 0 Å². The minimum absolute atomic E-state index is 0.0412. The molecule has 1 unspecified atom stereocenters. The normalized spacial score (nSPS) is 22.6. The van der Waals surface area contributed by atoms with Gasteiger partial charge in [0.1, 0.15) is 0 Å². The topological polar surface area (TPSA) is 34.0 Å². The van der Waals surface area contributed by atoms with Crippen molar-refractivity contribution in [1.82, 2.24) is 9.88 Å². The molecule has 3 heteroatoms. The number of nitrogens with one attached hydrogen (secondary N) is 1. The molecule has 3 nitrogen and oxygen atoms in total. The van der Waals surface area contributed by atoms with E-state index in [1.54, 1.807) is 0 Å². The lowest BCUT2D eigenvalue weighted by Gasteiger charge is -2.13. The van der Waals surface area contributed by atoms with Gasteiger partial charge >= 0.3 is 0 Å². The monoisotopic (exact) mass is 296 g/mol. The zero-order valence-electron chi connectivity index (χ0n) is 13.3. The van der Waals surface area contributed by atoms with Crippen LogP contribution in [0, 0.1) is 12.8 Å². The average molecular weight is 296 g/mol. The summed E-state index contributed by atoms with van der Waals surface area (Å²) in [5, 5.41) is 4.28. The molecule has 1 aliphatic heterocycles. The quantitative estimate of drug-likeness (QED) is 0.919. The Bertz CT molecular complexity index is 710. The fourth-order valence-electron chi connectivity index (χ4n) is 4.24. The van der Waals surface area contributed by atoms with Gasteiger partial charge in [0.25, 0.3) is 0 Å². The standard InChI is InChI=1S/C19H24N2O/c1-13-11-21(12-14-4-2-3-5-14)18-10-15(6-7-16(13)18)17-8-9-20-19(17)22/h6-7,10-11,14,17H,2-5,8-9,12H2,1H3,(H,20,22). The molecular weight excluding hydrogens is 272 g/mol. The summed E-state index contributed by atoms with van der Waals surface area (Å²) in [5.41, 5.74) is 3.82. The molecular formula is C19H24N2O. The van der Waals surface area contributed by atoms with Gasteiger partial charge < -0.3 is 9.88 Å². The van der Waals surface area contributed by atoms with Crippen LogP contribution in [0.4, 0.5) is 0 Å². The highest BCUT2D eigenvalue weighted by Gasteiger charge is 2.26. The number of fused-ring (bicyclic) bond motifs is 1. The zero-order chi connectivity index (χ0) is 15.1. The van der Waals surface area contributed by atoms with Crippen molar-refractivity contribution in [3.63, 3.8) is 0 Å². The Kier molecular flexibility index (Phi) is 3.44. The van der Waals surface area contributed by atoms with Crippen molar-refractivity contribution in [3.8, 4) is 0 Å². The first-order valence-corrected chi connectivity index (χ1v) is 8.59. The highest BCUT2D eigenvalue weighted by molar-refractivity contribution is 5.89. The number of hydrogen-bond acceptors (Lipinski definition) is 1. The number of aromatic nitrogens is 1. The Morgan fingerprint density at radius 1 is 1.23 bits per heavy atom. The maximum Gasteiger partial charge on any atom is 0.227 e. The van der Waals surface area contributed by atoms with Crippen LogP contribution in [0.1, 0.15) is 49.1 Å². The maximum atomic E-state index is 12.0. The molecule has 1 aromatic carbocycles. The van der Waals surface area contributed by atoms with Crippen molar-refractivity contribution < 1.29 is 4.79 Å². The van der Waals surface area contributed by atoms with Gasteiger partial charge in [0.2, 0.25) is 5.91 Å². The van der Waals surface area contributed by atoms with Crippen molar-refractivity contribution in [2.24, 2.45) is 5.92 Å². The molecule has 1 N–H and O–H groups in total. The van der Waals surface area contributed by atoms with Crippen LogP contribution in [0.3, 0.4) is 0 Å². The lowest BCUT2D eigenvalue weighted by atomic mass is 9.96. The van der Waals surface area contributed by atoms with Crippen molar-refractivity contribution in [2.45, 2.75) is 51.5 Å². The largest absolute Gasteiger partial charge is 0.356 e. The first kappa shape index (κ1) is 13.9. The third kappa shape index (κ3) is 2.33. The third-order valence-corrected chi connectivity index (χ3v) is 5.49. The minimum atomic E-state index is 0.0412. The van der Waals surface area contributed by atoms with E-state index in [2.05, 4.69) is 41.2 Å². The SMILES string of the molecule is Cc1cn(CC2CCCC2)c2cc(C3CCNC3=O)ccc12. The molecule has 2 heterocycles. The van der Waals surface area contributed by atoms with Gasteiger partial charge in [-0.05, 0) is 49.3 Å². The summed E-state index contributed by atoms with van der Waals surface area (Å²) < 4.78 is 2.43. The van der Waals surface area contributed by atoms with Crippen molar-refractivity contribution in [1.29, 1.82) is 0 Å². The average Bonchev–Trinajstić information content (AvgIpc) is 3.22. The molecule has 0 spiro atoms. The van der Waals surface area contributed by atoms with Crippen LogP contribution in [-0.2, 0) is 11.3 Å². The van der Waals surface area contributed by atoms with Crippen molar-refractivity contribution in [2.75, 3.05) is 6.54 Å². The Balaban J connectivity index is 1.71. The number of amides is 1. The molecule has 0 radical (unpaired) electrons.